The van der Waals surface area contributed by atoms with Crippen LogP contribution in [0, 0.1) is 5.92 Å². The number of nitrogens with one attached hydrogen (secondary N) is 1. The number of thiazole rings is 1. The van der Waals surface area contributed by atoms with Crippen molar-refractivity contribution in [1.29, 1.82) is 0 Å². The number of hydrogen-bond donors (Lipinski definition) is 1. The third kappa shape index (κ3) is 3.69. The molecule has 3 heterocycles. The number of amides is 1. The van der Waals surface area contributed by atoms with E-state index in [2.05, 4.69) is 25.3 Å². The van der Waals surface area contributed by atoms with E-state index in [-0.39, 0.29) is 11.9 Å². The molecule has 2 aromatic heterocycles. The van der Waals surface area contributed by atoms with E-state index >= 15 is 0 Å². The van der Waals surface area contributed by atoms with Gasteiger partial charge in [0, 0.05) is 18.1 Å². The summed E-state index contributed by atoms with van der Waals surface area (Å²) >= 11 is 1.44. The van der Waals surface area contributed by atoms with E-state index in [0.29, 0.717) is 11.0 Å². The normalized spacial score (nSPS) is 18.2. The predicted molar refractivity (Wildman–Crippen MR) is 84.5 cm³/mol. The Kier molecular flexibility index (Phi) is 4.79. The molecule has 1 aliphatic heterocycles. The Balaban J connectivity index is 1.47. The fourth-order valence-electron chi connectivity index (χ4n) is 2.78. The smallest absolute Gasteiger partial charge is 0.243 e. The Morgan fingerprint density at radius 3 is 2.95 bits per heavy atom. The number of hydrogen-bond acceptors (Lipinski definition) is 6. The lowest BCUT2D eigenvalue weighted by Gasteiger charge is -2.35. The average Bonchev–Trinajstić information content (AvgIpc) is 3.21. The molecular weight excluding hydrogens is 300 g/mol. The summed E-state index contributed by atoms with van der Waals surface area (Å²) in [5.74, 6) is 0.622. The second-order valence-corrected chi connectivity index (χ2v) is 6.49. The third-order valence-corrected chi connectivity index (χ3v) is 4.84. The number of piperidine rings is 1. The first-order valence-corrected chi connectivity index (χ1v) is 8.37. The van der Waals surface area contributed by atoms with E-state index in [1.165, 1.54) is 11.3 Å². The van der Waals surface area contributed by atoms with Gasteiger partial charge in [-0.2, -0.15) is 5.10 Å². The summed E-state index contributed by atoms with van der Waals surface area (Å²) in [5, 5.41) is 9.55. The predicted octanol–water partition coefficient (Wildman–Crippen LogP) is 1.47. The zero-order valence-electron chi connectivity index (χ0n) is 12.6. The quantitative estimate of drug-likeness (QED) is 0.903. The molecule has 1 fully saturated rings. The highest BCUT2D eigenvalue weighted by molar-refractivity contribution is 7.13. The lowest BCUT2D eigenvalue weighted by molar-refractivity contribution is -0.121. The Bertz CT molecular complexity index is 577. The molecule has 3 rings (SSSR count). The number of rotatable bonds is 5. The maximum Gasteiger partial charge on any atom is 0.243 e. The van der Waals surface area contributed by atoms with Crippen LogP contribution in [0.2, 0.25) is 0 Å². The first kappa shape index (κ1) is 15.1. The van der Waals surface area contributed by atoms with Gasteiger partial charge in [0.15, 0.2) is 5.13 Å². The Labute approximate surface area is 133 Å². The minimum atomic E-state index is -0.128. The van der Waals surface area contributed by atoms with Gasteiger partial charge in [-0.15, -0.1) is 11.3 Å². The number of aromatic nitrogens is 4. The zero-order chi connectivity index (χ0) is 15.4. The van der Waals surface area contributed by atoms with Gasteiger partial charge in [-0.1, -0.05) is 0 Å². The molecule has 0 radical (unpaired) electrons. The van der Waals surface area contributed by atoms with Crippen LogP contribution < -0.4 is 5.32 Å². The van der Waals surface area contributed by atoms with Crippen LogP contribution in [-0.2, 0) is 11.3 Å². The molecule has 0 saturated carbocycles. The van der Waals surface area contributed by atoms with Gasteiger partial charge in [0.2, 0.25) is 5.91 Å². The van der Waals surface area contributed by atoms with Gasteiger partial charge < -0.3 is 5.32 Å². The monoisotopic (exact) mass is 320 g/mol. The molecule has 1 N–H and O–H groups in total. The fourth-order valence-corrected chi connectivity index (χ4v) is 3.31. The molecule has 0 aliphatic carbocycles. The molecule has 0 aromatic carbocycles. The van der Waals surface area contributed by atoms with Gasteiger partial charge in [0.1, 0.15) is 12.7 Å². The molecule has 7 nitrogen and oxygen atoms in total. The largest absolute Gasteiger partial charge is 0.301 e. The van der Waals surface area contributed by atoms with Crippen LogP contribution in [-0.4, -0.2) is 49.7 Å². The van der Waals surface area contributed by atoms with Crippen molar-refractivity contribution < 1.29 is 4.79 Å². The van der Waals surface area contributed by atoms with E-state index in [0.717, 1.165) is 32.5 Å². The maximum absolute atomic E-state index is 12.2. The number of anilines is 1. The molecule has 1 saturated heterocycles. The summed E-state index contributed by atoms with van der Waals surface area (Å²) in [7, 11) is 0. The molecule has 118 valence electrons. The fraction of sp³-hybridized carbons (Fsp3) is 0.571. The van der Waals surface area contributed by atoms with Crippen molar-refractivity contribution in [2.24, 2.45) is 5.92 Å². The summed E-state index contributed by atoms with van der Waals surface area (Å²) in [4.78, 5) is 22.5. The van der Waals surface area contributed by atoms with Crippen LogP contribution in [0.4, 0.5) is 5.13 Å². The zero-order valence-corrected chi connectivity index (χ0v) is 13.4. The average molecular weight is 320 g/mol. The maximum atomic E-state index is 12.2. The molecule has 0 bridgehead atoms. The number of carbonyl (C=O) groups excluding carboxylic acids is 1. The Morgan fingerprint density at radius 2 is 2.32 bits per heavy atom. The minimum Gasteiger partial charge on any atom is -0.301 e. The highest BCUT2D eigenvalue weighted by atomic mass is 32.1. The SMILES string of the molecule is CC(C(=O)Nc1nccs1)N1CCC(Cn2cncn2)CC1. The second-order valence-electron chi connectivity index (χ2n) is 5.60. The van der Waals surface area contributed by atoms with Crippen LogP contribution >= 0.6 is 11.3 Å². The van der Waals surface area contributed by atoms with Crippen LogP contribution in [0.1, 0.15) is 19.8 Å². The highest BCUT2D eigenvalue weighted by Gasteiger charge is 2.27. The second kappa shape index (κ2) is 6.97. The van der Waals surface area contributed by atoms with E-state index in [1.807, 2.05) is 17.0 Å². The molecule has 0 spiro atoms. The molecule has 8 heteroatoms. The topological polar surface area (TPSA) is 75.9 Å². The van der Waals surface area contributed by atoms with Crippen molar-refractivity contribution >= 4 is 22.4 Å². The van der Waals surface area contributed by atoms with E-state index in [1.54, 1.807) is 18.9 Å². The molecule has 1 atom stereocenters. The Hall–Kier alpha value is -1.80. The van der Waals surface area contributed by atoms with Crippen molar-refractivity contribution in [3.8, 4) is 0 Å². The van der Waals surface area contributed by atoms with Crippen LogP contribution in [0.25, 0.3) is 0 Å². The molecular formula is C14H20N6OS. The van der Waals surface area contributed by atoms with Gasteiger partial charge >= 0.3 is 0 Å². The van der Waals surface area contributed by atoms with Crippen LogP contribution in [0.5, 0.6) is 0 Å². The lowest BCUT2D eigenvalue weighted by Crippen LogP contribution is -2.46. The molecule has 22 heavy (non-hydrogen) atoms. The minimum absolute atomic E-state index is 0.0182. The molecule has 1 amide bonds. The number of carbonyl (C=O) groups is 1. The van der Waals surface area contributed by atoms with Gasteiger partial charge in [0.05, 0.1) is 6.04 Å². The van der Waals surface area contributed by atoms with Crippen LogP contribution in [0.3, 0.4) is 0 Å². The molecule has 1 aliphatic rings. The van der Waals surface area contributed by atoms with E-state index < -0.39 is 0 Å². The number of nitrogens with zero attached hydrogens (tertiary/aromatic N) is 5. The third-order valence-electron chi connectivity index (χ3n) is 4.15. The molecule has 2 aromatic rings. The van der Waals surface area contributed by atoms with E-state index in [9.17, 15) is 4.79 Å². The van der Waals surface area contributed by atoms with Gasteiger partial charge in [-0.05, 0) is 38.8 Å². The summed E-state index contributed by atoms with van der Waals surface area (Å²) < 4.78 is 1.89. The summed E-state index contributed by atoms with van der Waals surface area (Å²) in [5.41, 5.74) is 0. The highest BCUT2D eigenvalue weighted by Crippen LogP contribution is 2.21. The van der Waals surface area contributed by atoms with Gasteiger partial charge in [-0.25, -0.2) is 9.97 Å². The van der Waals surface area contributed by atoms with E-state index in [4.69, 9.17) is 0 Å². The summed E-state index contributed by atoms with van der Waals surface area (Å²) in [6.45, 7) is 4.74. The Morgan fingerprint density at radius 1 is 1.50 bits per heavy atom. The van der Waals surface area contributed by atoms with Crippen molar-refractivity contribution in [2.75, 3.05) is 18.4 Å². The molecule has 1 unspecified atom stereocenters. The first-order chi connectivity index (χ1) is 10.7. The summed E-state index contributed by atoms with van der Waals surface area (Å²) in [6, 6.07) is -0.128. The van der Waals surface area contributed by atoms with Gasteiger partial charge in [-0.3, -0.25) is 14.4 Å². The van der Waals surface area contributed by atoms with Crippen molar-refractivity contribution in [3.05, 3.63) is 24.2 Å². The first-order valence-electron chi connectivity index (χ1n) is 7.49. The van der Waals surface area contributed by atoms with Gasteiger partial charge in [0.25, 0.3) is 0 Å². The van der Waals surface area contributed by atoms with Crippen molar-refractivity contribution in [1.82, 2.24) is 24.6 Å². The van der Waals surface area contributed by atoms with Crippen molar-refractivity contribution in [3.63, 3.8) is 0 Å². The van der Waals surface area contributed by atoms with Crippen molar-refractivity contribution in [2.45, 2.75) is 32.4 Å². The lowest BCUT2D eigenvalue weighted by atomic mass is 9.96. The summed E-state index contributed by atoms with van der Waals surface area (Å²) in [6.07, 6.45) is 7.18. The standard InChI is InChI=1S/C14H20N6OS/c1-11(13(21)18-14-16-4-7-22-14)19-5-2-12(3-6-19)8-20-10-15-9-17-20/h4,7,9-12H,2-3,5-6,8H2,1H3,(H,16,18,21). The number of likely N-dealkylation sites (tertiary alicyclic amines) is 1. The van der Waals surface area contributed by atoms with Crippen LogP contribution in [0.15, 0.2) is 24.2 Å².